The Kier molecular flexibility index (Phi) is 8.90. The fourth-order valence-corrected chi connectivity index (χ4v) is 2.55. The average molecular weight is 404 g/mol. The van der Waals surface area contributed by atoms with Crippen molar-refractivity contribution in [3.63, 3.8) is 0 Å². The molecule has 6 nitrogen and oxygen atoms in total. The Morgan fingerprint density at radius 2 is 1.96 bits per heavy atom. The van der Waals surface area contributed by atoms with Gasteiger partial charge in [0.1, 0.15) is 5.60 Å². The van der Waals surface area contributed by atoms with Crippen molar-refractivity contribution < 1.29 is 32.3 Å². The largest absolute Gasteiger partial charge is 0.461 e. The second-order valence-corrected chi connectivity index (χ2v) is 6.74. The second kappa shape index (κ2) is 10.4. The zero-order valence-corrected chi connectivity index (χ0v) is 16.5. The van der Waals surface area contributed by atoms with Crippen LogP contribution in [0.3, 0.4) is 0 Å². The van der Waals surface area contributed by atoms with Gasteiger partial charge in [0.15, 0.2) is 0 Å². The number of carbonyl (C=O) groups is 2. The lowest BCUT2D eigenvalue weighted by molar-refractivity contribution is -0.184. The molecule has 1 rings (SSSR count). The summed E-state index contributed by atoms with van der Waals surface area (Å²) in [6.07, 6.45) is -4.61. The van der Waals surface area contributed by atoms with Gasteiger partial charge in [-0.05, 0) is 45.4 Å². The van der Waals surface area contributed by atoms with Gasteiger partial charge in [-0.1, -0.05) is 12.1 Å². The van der Waals surface area contributed by atoms with E-state index >= 15 is 0 Å². The van der Waals surface area contributed by atoms with Crippen molar-refractivity contribution in [3.05, 3.63) is 35.4 Å². The molecule has 1 N–H and O–H groups in total. The number of carbonyl (C=O) groups excluding carboxylic acids is 2. The zero-order chi connectivity index (χ0) is 21.4. The van der Waals surface area contributed by atoms with Crippen molar-refractivity contribution in [1.29, 1.82) is 0 Å². The minimum Gasteiger partial charge on any atom is -0.461 e. The minimum absolute atomic E-state index is 0.119. The van der Waals surface area contributed by atoms with E-state index in [1.807, 2.05) is 0 Å². The third-order valence-corrected chi connectivity index (χ3v) is 3.99. The highest BCUT2D eigenvalue weighted by atomic mass is 19.4. The topological polar surface area (TPSA) is 67.9 Å². The highest BCUT2D eigenvalue weighted by Crippen LogP contribution is 2.31. The van der Waals surface area contributed by atoms with Crippen molar-refractivity contribution >= 4 is 12.4 Å². The van der Waals surface area contributed by atoms with Gasteiger partial charge in [0.05, 0.1) is 12.2 Å². The van der Waals surface area contributed by atoms with Crippen molar-refractivity contribution in [1.82, 2.24) is 10.4 Å². The molecular weight excluding hydrogens is 377 g/mol. The molecule has 0 heterocycles. The molecule has 0 saturated heterocycles. The Hall–Kier alpha value is -2.13. The summed E-state index contributed by atoms with van der Waals surface area (Å²) in [7, 11) is 0. The van der Waals surface area contributed by atoms with E-state index in [4.69, 9.17) is 9.57 Å². The van der Waals surface area contributed by atoms with E-state index in [1.165, 1.54) is 17.2 Å². The molecular formula is C19H27F3N2O4. The van der Waals surface area contributed by atoms with Crippen LogP contribution in [0.1, 0.15) is 51.3 Å². The maximum Gasteiger partial charge on any atom is 0.416 e. The van der Waals surface area contributed by atoms with Crippen LogP contribution in [0, 0.1) is 0 Å². The Bertz CT molecular complexity index is 650. The molecule has 0 aliphatic rings. The van der Waals surface area contributed by atoms with Gasteiger partial charge in [0, 0.05) is 25.6 Å². The standard InChI is InChI=1S/C19H27F3N2O4/c1-5-24(28-6-2)17(26)11-16(23-12-18(3,4)27-13-25)14-8-7-9-15(10-14)19(20,21)22/h7-10,13,16,23H,5-6,11-12H2,1-4H3. The van der Waals surface area contributed by atoms with E-state index in [0.717, 1.165) is 12.1 Å². The molecule has 0 aliphatic heterocycles. The number of benzene rings is 1. The summed E-state index contributed by atoms with van der Waals surface area (Å²) in [4.78, 5) is 28.4. The number of halogens is 3. The molecule has 0 radical (unpaired) electrons. The Morgan fingerprint density at radius 3 is 2.50 bits per heavy atom. The van der Waals surface area contributed by atoms with Gasteiger partial charge in [0.2, 0.25) is 5.91 Å². The van der Waals surface area contributed by atoms with Crippen LogP contribution >= 0.6 is 0 Å². The second-order valence-electron chi connectivity index (χ2n) is 6.74. The number of hydrogen-bond acceptors (Lipinski definition) is 5. The average Bonchev–Trinajstić information content (AvgIpc) is 2.62. The summed E-state index contributed by atoms with van der Waals surface area (Å²) in [5.41, 5.74) is -1.39. The fourth-order valence-electron chi connectivity index (χ4n) is 2.55. The molecule has 0 bridgehead atoms. The molecule has 0 saturated carbocycles. The van der Waals surface area contributed by atoms with E-state index in [-0.39, 0.29) is 18.9 Å². The first-order chi connectivity index (χ1) is 13.0. The summed E-state index contributed by atoms with van der Waals surface area (Å²) in [5, 5.41) is 4.21. The van der Waals surface area contributed by atoms with E-state index in [9.17, 15) is 22.8 Å². The number of amides is 1. The van der Waals surface area contributed by atoms with Crippen molar-refractivity contribution in [2.24, 2.45) is 0 Å². The van der Waals surface area contributed by atoms with E-state index in [2.05, 4.69) is 5.32 Å². The van der Waals surface area contributed by atoms with Crippen LogP contribution in [-0.2, 0) is 25.3 Å². The van der Waals surface area contributed by atoms with Crippen LogP contribution in [0.25, 0.3) is 0 Å². The molecule has 0 aliphatic carbocycles. The summed E-state index contributed by atoms with van der Waals surface area (Å²) in [6.45, 7) is 7.82. The van der Waals surface area contributed by atoms with E-state index in [1.54, 1.807) is 27.7 Å². The minimum atomic E-state index is -4.49. The third kappa shape index (κ3) is 7.47. The van der Waals surface area contributed by atoms with Crippen LogP contribution in [0.5, 0.6) is 0 Å². The van der Waals surface area contributed by atoms with Crippen LogP contribution in [0.2, 0.25) is 0 Å². The van der Waals surface area contributed by atoms with Crippen molar-refractivity contribution in [2.45, 2.75) is 51.9 Å². The van der Waals surface area contributed by atoms with Gasteiger partial charge >= 0.3 is 6.18 Å². The van der Waals surface area contributed by atoms with Crippen LogP contribution < -0.4 is 5.32 Å². The first-order valence-electron chi connectivity index (χ1n) is 8.99. The molecule has 1 aromatic carbocycles. The number of hydroxylamine groups is 2. The quantitative estimate of drug-likeness (QED) is 0.452. The number of ether oxygens (including phenoxy) is 1. The molecule has 1 aromatic rings. The maximum absolute atomic E-state index is 13.1. The normalized spacial score (nSPS) is 13.1. The lowest BCUT2D eigenvalue weighted by Crippen LogP contribution is -2.41. The van der Waals surface area contributed by atoms with Crippen LogP contribution in [-0.4, -0.2) is 42.7 Å². The van der Waals surface area contributed by atoms with Gasteiger partial charge in [0.25, 0.3) is 6.47 Å². The van der Waals surface area contributed by atoms with Crippen LogP contribution in [0.4, 0.5) is 13.2 Å². The summed E-state index contributed by atoms with van der Waals surface area (Å²) < 4.78 is 44.2. The van der Waals surface area contributed by atoms with Crippen molar-refractivity contribution in [2.75, 3.05) is 19.7 Å². The Labute approximate surface area is 162 Å². The van der Waals surface area contributed by atoms with Gasteiger partial charge in [-0.2, -0.15) is 13.2 Å². The fraction of sp³-hybridized carbons (Fsp3) is 0.579. The van der Waals surface area contributed by atoms with E-state index in [0.29, 0.717) is 25.2 Å². The molecule has 28 heavy (non-hydrogen) atoms. The predicted molar refractivity (Wildman–Crippen MR) is 97.0 cm³/mol. The third-order valence-electron chi connectivity index (χ3n) is 3.99. The first kappa shape index (κ1) is 23.9. The SMILES string of the molecule is CCON(CC)C(=O)CC(NCC(C)(C)OC=O)c1cccc(C(F)(F)F)c1. The number of alkyl halides is 3. The number of rotatable bonds is 11. The monoisotopic (exact) mass is 404 g/mol. The molecule has 0 aromatic heterocycles. The summed E-state index contributed by atoms with van der Waals surface area (Å²) in [5.74, 6) is -0.367. The lowest BCUT2D eigenvalue weighted by atomic mass is 9.99. The molecule has 0 spiro atoms. The Morgan fingerprint density at radius 1 is 1.29 bits per heavy atom. The highest BCUT2D eigenvalue weighted by molar-refractivity contribution is 5.76. The molecule has 1 atom stereocenters. The van der Waals surface area contributed by atoms with Gasteiger partial charge in [-0.3, -0.25) is 14.4 Å². The van der Waals surface area contributed by atoms with Gasteiger partial charge < -0.3 is 10.1 Å². The maximum atomic E-state index is 13.1. The van der Waals surface area contributed by atoms with E-state index < -0.39 is 23.4 Å². The molecule has 1 unspecified atom stereocenters. The zero-order valence-electron chi connectivity index (χ0n) is 16.5. The molecule has 158 valence electrons. The smallest absolute Gasteiger partial charge is 0.416 e. The molecule has 1 amide bonds. The first-order valence-corrected chi connectivity index (χ1v) is 8.99. The van der Waals surface area contributed by atoms with Crippen molar-refractivity contribution in [3.8, 4) is 0 Å². The number of hydrogen-bond donors (Lipinski definition) is 1. The molecule has 9 heteroatoms. The number of nitrogens with zero attached hydrogens (tertiary/aromatic N) is 1. The van der Waals surface area contributed by atoms with Crippen LogP contribution in [0.15, 0.2) is 24.3 Å². The highest BCUT2D eigenvalue weighted by Gasteiger charge is 2.32. The predicted octanol–water partition coefficient (Wildman–Crippen LogP) is 3.48. The van der Waals surface area contributed by atoms with Gasteiger partial charge in [-0.15, -0.1) is 0 Å². The number of nitrogens with one attached hydrogen (secondary N) is 1. The Balaban J connectivity index is 3.10. The van der Waals surface area contributed by atoms with Gasteiger partial charge in [-0.25, -0.2) is 5.06 Å². The summed E-state index contributed by atoms with van der Waals surface area (Å²) >= 11 is 0. The molecule has 0 fully saturated rings. The lowest BCUT2D eigenvalue weighted by Gasteiger charge is -2.28. The summed E-state index contributed by atoms with van der Waals surface area (Å²) in [6, 6.07) is 4.07.